The monoisotopic (exact) mass is 221 g/mol. The number of carbonyl (C=O) groups is 1. The van der Waals surface area contributed by atoms with Gasteiger partial charge >= 0.3 is 14.2 Å². The van der Waals surface area contributed by atoms with Gasteiger partial charge in [0.25, 0.3) is 0 Å². The molecular formula is C8H16NO4P+2. The van der Waals surface area contributed by atoms with Gasteiger partial charge in [-0.15, -0.1) is 4.52 Å². The number of quaternary nitrogens is 1. The molecule has 0 aromatic rings. The van der Waals surface area contributed by atoms with Gasteiger partial charge in [-0.3, -0.25) is 0 Å². The van der Waals surface area contributed by atoms with Gasteiger partial charge in [-0.05, 0) is 0 Å². The third kappa shape index (κ3) is 7.86. The van der Waals surface area contributed by atoms with Crippen molar-refractivity contribution >= 4 is 14.2 Å². The van der Waals surface area contributed by atoms with E-state index in [4.69, 9.17) is 4.52 Å². The smallest absolute Gasteiger partial charge is 0.329 e. The number of hydrogen-bond donors (Lipinski definition) is 0. The molecule has 0 aliphatic carbocycles. The molecule has 0 aliphatic heterocycles. The van der Waals surface area contributed by atoms with E-state index in [-0.39, 0.29) is 6.61 Å². The minimum absolute atomic E-state index is 0.281. The first-order valence-corrected chi connectivity index (χ1v) is 5.19. The first kappa shape index (κ1) is 13.2. The van der Waals surface area contributed by atoms with Crippen molar-refractivity contribution in [3.8, 4) is 0 Å². The van der Waals surface area contributed by atoms with E-state index < -0.39 is 14.2 Å². The Bertz CT molecular complexity index is 234. The lowest BCUT2D eigenvalue weighted by molar-refractivity contribution is -0.870. The van der Waals surface area contributed by atoms with E-state index in [0.717, 1.165) is 6.08 Å². The lowest BCUT2D eigenvalue weighted by Gasteiger charge is -2.21. The molecule has 0 aromatic carbocycles. The van der Waals surface area contributed by atoms with Gasteiger partial charge in [-0.2, -0.15) is 4.52 Å². The highest BCUT2D eigenvalue weighted by Gasteiger charge is 2.25. The normalized spacial score (nSPS) is 12.1. The van der Waals surface area contributed by atoms with E-state index in [1.165, 1.54) is 0 Å². The first-order chi connectivity index (χ1) is 6.35. The molecule has 1 atom stereocenters. The molecule has 0 heterocycles. The van der Waals surface area contributed by atoms with Crippen molar-refractivity contribution in [3.63, 3.8) is 0 Å². The molecule has 80 valence electrons. The third-order valence-electron chi connectivity index (χ3n) is 1.29. The number of hydrogen-bond acceptors (Lipinski definition) is 4. The first-order valence-electron chi connectivity index (χ1n) is 4.10. The van der Waals surface area contributed by atoms with Crippen LogP contribution in [0, 0.1) is 0 Å². The Morgan fingerprint density at radius 2 is 2.07 bits per heavy atom. The Morgan fingerprint density at radius 3 is 2.50 bits per heavy atom. The highest BCUT2D eigenvalue weighted by Crippen LogP contribution is 2.23. The summed E-state index contributed by atoms with van der Waals surface area (Å²) in [5, 5.41) is 0. The summed E-state index contributed by atoms with van der Waals surface area (Å²) in [5.74, 6) is -0.739. The molecule has 0 bridgehead atoms. The Balaban J connectivity index is 3.65. The summed E-state index contributed by atoms with van der Waals surface area (Å²) in [4.78, 5) is 10.6. The topological polar surface area (TPSA) is 52.6 Å². The highest BCUT2D eigenvalue weighted by molar-refractivity contribution is 7.34. The molecule has 14 heavy (non-hydrogen) atoms. The van der Waals surface area contributed by atoms with Crippen molar-refractivity contribution in [1.29, 1.82) is 0 Å². The summed E-state index contributed by atoms with van der Waals surface area (Å²) < 4.78 is 20.8. The summed E-state index contributed by atoms with van der Waals surface area (Å²) in [6.07, 6.45) is 0.941. The molecule has 6 heteroatoms. The average molecular weight is 221 g/mol. The molecule has 0 fully saturated rings. The SMILES string of the molecule is C=CC(=O)O[P+](=O)OCC[N+](C)(C)C. The van der Waals surface area contributed by atoms with E-state index in [1.54, 1.807) is 0 Å². The fraction of sp³-hybridized carbons (Fsp3) is 0.625. The average Bonchev–Trinajstić information content (AvgIpc) is 2.01. The number of likely N-dealkylation sites (N-methyl/N-ethyl adjacent to an activating group) is 1. The van der Waals surface area contributed by atoms with Crippen molar-refractivity contribution in [1.82, 2.24) is 0 Å². The Morgan fingerprint density at radius 1 is 1.50 bits per heavy atom. The maximum atomic E-state index is 10.9. The van der Waals surface area contributed by atoms with Crippen LogP contribution in [0.1, 0.15) is 0 Å². The molecular weight excluding hydrogens is 205 g/mol. The van der Waals surface area contributed by atoms with Crippen LogP contribution in [0.2, 0.25) is 0 Å². The standard InChI is InChI=1S/C8H16NO4P/c1-5-8(10)13-14(11)12-7-6-9(2,3)4/h5H,1,6-7H2,2-4H3/q+2. The summed E-state index contributed by atoms with van der Waals surface area (Å²) in [7, 11) is 3.58. The van der Waals surface area contributed by atoms with Crippen molar-refractivity contribution in [3.05, 3.63) is 12.7 Å². The van der Waals surface area contributed by atoms with Crippen LogP contribution in [-0.4, -0.2) is 44.7 Å². The minimum Gasteiger partial charge on any atom is -0.329 e. The quantitative estimate of drug-likeness (QED) is 0.383. The van der Waals surface area contributed by atoms with Crippen LogP contribution in [0.4, 0.5) is 0 Å². The molecule has 0 saturated heterocycles. The Labute approximate surface area is 84.8 Å². The second kappa shape index (κ2) is 5.86. The summed E-state index contributed by atoms with van der Waals surface area (Å²) >= 11 is 0. The lowest BCUT2D eigenvalue weighted by Crippen LogP contribution is -2.37. The highest BCUT2D eigenvalue weighted by atomic mass is 31.1. The second-order valence-corrected chi connectivity index (χ2v) is 4.57. The van der Waals surface area contributed by atoms with Crippen LogP contribution in [0.3, 0.4) is 0 Å². The molecule has 0 saturated carbocycles. The number of rotatable bonds is 6. The third-order valence-corrected chi connectivity index (χ3v) is 2.01. The van der Waals surface area contributed by atoms with Gasteiger partial charge in [0.05, 0.1) is 21.1 Å². The van der Waals surface area contributed by atoms with Gasteiger partial charge in [0, 0.05) is 10.6 Å². The largest absolute Gasteiger partial charge is 0.753 e. The van der Waals surface area contributed by atoms with Crippen molar-refractivity contribution in [2.45, 2.75) is 0 Å². The zero-order valence-corrected chi connectivity index (χ0v) is 9.62. The van der Waals surface area contributed by atoms with E-state index in [0.29, 0.717) is 11.0 Å². The van der Waals surface area contributed by atoms with Gasteiger partial charge in [0.2, 0.25) is 0 Å². The zero-order valence-electron chi connectivity index (χ0n) is 8.73. The molecule has 0 N–H and O–H groups in total. The minimum atomic E-state index is -2.36. The number of carbonyl (C=O) groups excluding carboxylic acids is 1. The molecule has 0 rings (SSSR count). The van der Waals surface area contributed by atoms with Crippen molar-refractivity contribution < 1.29 is 22.9 Å². The van der Waals surface area contributed by atoms with Crippen LogP contribution >= 0.6 is 8.25 Å². The van der Waals surface area contributed by atoms with E-state index in [9.17, 15) is 9.36 Å². The van der Waals surface area contributed by atoms with E-state index in [2.05, 4.69) is 11.1 Å². The Hall–Kier alpha value is -0.770. The predicted molar refractivity (Wildman–Crippen MR) is 52.7 cm³/mol. The molecule has 0 aromatic heterocycles. The molecule has 0 spiro atoms. The van der Waals surface area contributed by atoms with E-state index in [1.807, 2.05) is 21.1 Å². The van der Waals surface area contributed by atoms with Crippen molar-refractivity contribution in [2.75, 3.05) is 34.3 Å². The molecule has 0 amide bonds. The van der Waals surface area contributed by atoms with Crippen molar-refractivity contribution in [2.24, 2.45) is 0 Å². The van der Waals surface area contributed by atoms with Crippen LogP contribution in [-0.2, 0) is 18.4 Å². The molecule has 1 unspecified atom stereocenters. The maximum absolute atomic E-state index is 10.9. The van der Waals surface area contributed by atoms with Gasteiger partial charge in [-0.25, -0.2) is 4.79 Å². The maximum Gasteiger partial charge on any atom is 0.753 e. The van der Waals surface area contributed by atoms with E-state index >= 15 is 0 Å². The van der Waals surface area contributed by atoms with Crippen LogP contribution in [0.15, 0.2) is 12.7 Å². The summed E-state index contributed by atoms with van der Waals surface area (Å²) in [6.45, 7) is 4.14. The molecule has 0 radical (unpaired) electrons. The lowest BCUT2D eigenvalue weighted by atomic mass is 10.5. The molecule has 5 nitrogen and oxygen atoms in total. The van der Waals surface area contributed by atoms with Gasteiger partial charge in [0.1, 0.15) is 6.54 Å². The predicted octanol–water partition coefficient (Wildman–Crippen LogP) is 1.10. The zero-order chi connectivity index (χ0) is 11.2. The number of nitrogens with zero attached hydrogens (tertiary/aromatic N) is 1. The molecule has 0 aliphatic rings. The van der Waals surface area contributed by atoms with Gasteiger partial charge in [-0.1, -0.05) is 6.58 Å². The van der Waals surface area contributed by atoms with Crippen LogP contribution in [0.25, 0.3) is 0 Å². The second-order valence-electron chi connectivity index (χ2n) is 3.69. The fourth-order valence-corrected chi connectivity index (χ4v) is 1.03. The van der Waals surface area contributed by atoms with Gasteiger partial charge < -0.3 is 4.48 Å². The van der Waals surface area contributed by atoms with Gasteiger partial charge in [0.15, 0.2) is 6.61 Å². The Kier molecular flexibility index (Phi) is 5.53. The van der Waals surface area contributed by atoms with Crippen LogP contribution in [0.5, 0.6) is 0 Å². The van der Waals surface area contributed by atoms with Crippen LogP contribution < -0.4 is 0 Å². The fourth-order valence-electron chi connectivity index (χ4n) is 0.526. The summed E-state index contributed by atoms with van der Waals surface area (Å²) in [5.41, 5.74) is 0. The summed E-state index contributed by atoms with van der Waals surface area (Å²) in [6, 6.07) is 0.